The molecule has 3 heteroatoms. The first-order valence-electron chi connectivity index (χ1n) is 6.52. The van der Waals surface area contributed by atoms with E-state index in [9.17, 15) is 4.79 Å². The average molecular weight is 248 g/mol. The molecule has 0 spiro atoms. The van der Waals surface area contributed by atoms with Crippen molar-refractivity contribution in [3.8, 4) is 0 Å². The molecule has 2 N–H and O–H groups in total. The summed E-state index contributed by atoms with van der Waals surface area (Å²) in [5.74, 6) is 1.08. The van der Waals surface area contributed by atoms with Crippen LogP contribution in [0.4, 0.5) is 5.69 Å². The molecule has 1 unspecified atom stereocenters. The molecule has 0 fully saturated rings. The molecule has 1 aromatic rings. The lowest BCUT2D eigenvalue weighted by Crippen LogP contribution is -2.30. The van der Waals surface area contributed by atoms with Crippen molar-refractivity contribution >= 4 is 11.6 Å². The first-order chi connectivity index (χ1) is 8.45. The molecule has 18 heavy (non-hydrogen) atoms. The van der Waals surface area contributed by atoms with Crippen LogP contribution in [-0.4, -0.2) is 19.5 Å². The van der Waals surface area contributed by atoms with E-state index >= 15 is 0 Å². The third kappa shape index (κ3) is 3.76. The summed E-state index contributed by atoms with van der Waals surface area (Å²) in [6, 6.07) is 5.71. The van der Waals surface area contributed by atoms with Crippen molar-refractivity contribution in [2.75, 3.05) is 18.9 Å². The van der Waals surface area contributed by atoms with E-state index in [1.165, 1.54) is 0 Å². The van der Waals surface area contributed by atoms with Gasteiger partial charge in [-0.3, -0.25) is 4.79 Å². The number of nitrogens with one attached hydrogen (secondary N) is 2. The molecule has 0 aliphatic carbocycles. The fraction of sp³-hybridized carbons (Fsp3) is 0.533. The molecule has 0 aliphatic heterocycles. The predicted molar refractivity (Wildman–Crippen MR) is 77.1 cm³/mol. The van der Waals surface area contributed by atoms with Gasteiger partial charge in [0.05, 0.1) is 0 Å². The molecule has 1 aromatic carbocycles. The lowest BCUT2D eigenvalue weighted by Gasteiger charge is -2.16. The Morgan fingerprint density at radius 3 is 2.44 bits per heavy atom. The van der Waals surface area contributed by atoms with E-state index in [4.69, 9.17) is 0 Å². The van der Waals surface area contributed by atoms with Gasteiger partial charge in [0.1, 0.15) is 0 Å². The van der Waals surface area contributed by atoms with Crippen LogP contribution in [0.5, 0.6) is 0 Å². The zero-order valence-electron chi connectivity index (χ0n) is 12.0. The van der Waals surface area contributed by atoms with Crippen LogP contribution in [0, 0.1) is 18.8 Å². The second kappa shape index (κ2) is 6.43. The summed E-state index contributed by atoms with van der Waals surface area (Å²) in [5, 5.41) is 6.08. The molecule has 1 atom stereocenters. The maximum absolute atomic E-state index is 12.0. The minimum absolute atomic E-state index is 0.00764. The van der Waals surface area contributed by atoms with Gasteiger partial charge in [0.2, 0.25) is 0 Å². The SMILES string of the molecule is CNc1ccc(C(=O)NCC(C)C(C)C)cc1C. The van der Waals surface area contributed by atoms with Gasteiger partial charge in [-0.05, 0) is 42.5 Å². The summed E-state index contributed by atoms with van der Waals surface area (Å²) < 4.78 is 0. The van der Waals surface area contributed by atoms with Crippen LogP contribution < -0.4 is 10.6 Å². The van der Waals surface area contributed by atoms with Crippen LogP contribution >= 0.6 is 0 Å². The van der Waals surface area contributed by atoms with Gasteiger partial charge in [0.25, 0.3) is 5.91 Å². The number of benzene rings is 1. The molecule has 3 nitrogen and oxygen atoms in total. The van der Waals surface area contributed by atoms with Crippen molar-refractivity contribution in [2.24, 2.45) is 11.8 Å². The number of hydrogen-bond donors (Lipinski definition) is 2. The average Bonchev–Trinajstić information content (AvgIpc) is 2.35. The number of rotatable bonds is 5. The van der Waals surface area contributed by atoms with E-state index in [0.29, 0.717) is 11.8 Å². The summed E-state index contributed by atoms with van der Waals surface area (Å²) >= 11 is 0. The summed E-state index contributed by atoms with van der Waals surface area (Å²) in [4.78, 5) is 12.0. The second-order valence-electron chi connectivity index (χ2n) is 5.21. The number of amides is 1. The van der Waals surface area contributed by atoms with Gasteiger partial charge in [-0.15, -0.1) is 0 Å². The maximum atomic E-state index is 12.0. The fourth-order valence-corrected chi connectivity index (χ4v) is 1.68. The van der Waals surface area contributed by atoms with E-state index in [1.807, 2.05) is 32.2 Å². The molecular weight excluding hydrogens is 224 g/mol. The smallest absolute Gasteiger partial charge is 0.251 e. The maximum Gasteiger partial charge on any atom is 0.251 e. The number of aryl methyl sites for hydroxylation is 1. The number of carbonyl (C=O) groups is 1. The van der Waals surface area contributed by atoms with Gasteiger partial charge in [-0.2, -0.15) is 0 Å². The van der Waals surface area contributed by atoms with Crippen molar-refractivity contribution in [3.05, 3.63) is 29.3 Å². The number of hydrogen-bond acceptors (Lipinski definition) is 2. The lowest BCUT2D eigenvalue weighted by molar-refractivity contribution is 0.0945. The van der Waals surface area contributed by atoms with Crippen molar-refractivity contribution in [2.45, 2.75) is 27.7 Å². The molecule has 0 aromatic heterocycles. The first kappa shape index (κ1) is 14.6. The predicted octanol–water partition coefficient (Wildman–Crippen LogP) is 3.06. The van der Waals surface area contributed by atoms with Crippen LogP contribution in [0.3, 0.4) is 0 Å². The van der Waals surface area contributed by atoms with Crippen LogP contribution in [-0.2, 0) is 0 Å². The lowest BCUT2D eigenvalue weighted by atomic mass is 9.98. The highest BCUT2D eigenvalue weighted by atomic mass is 16.1. The van der Waals surface area contributed by atoms with Crippen LogP contribution in [0.15, 0.2) is 18.2 Å². The van der Waals surface area contributed by atoms with Crippen molar-refractivity contribution in [3.63, 3.8) is 0 Å². The van der Waals surface area contributed by atoms with Gasteiger partial charge in [-0.25, -0.2) is 0 Å². The van der Waals surface area contributed by atoms with Crippen LogP contribution in [0.1, 0.15) is 36.7 Å². The zero-order valence-corrected chi connectivity index (χ0v) is 12.0. The zero-order chi connectivity index (χ0) is 13.7. The summed E-state index contributed by atoms with van der Waals surface area (Å²) in [5.41, 5.74) is 2.87. The molecule has 0 bridgehead atoms. The quantitative estimate of drug-likeness (QED) is 0.841. The second-order valence-corrected chi connectivity index (χ2v) is 5.21. The molecular formula is C15H24N2O. The Morgan fingerprint density at radius 1 is 1.28 bits per heavy atom. The topological polar surface area (TPSA) is 41.1 Å². The minimum Gasteiger partial charge on any atom is -0.388 e. The van der Waals surface area contributed by atoms with Crippen molar-refractivity contribution in [1.82, 2.24) is 5.32 Å². The molecule has 0 aliphatic rings. The molecule has 1 rings (SSSR count). The minimum atomic E-state index is 0.00764. The van der Waals surface area contributed by atoms with E-state index in [2.05, 4.69) is 31.4 Å². The molecule has 0 radical (unpaired) electrons. The standard InChI is InChI=1S/C15H24N2O/c1-10(2)12(4)9-17-15(18)13-6-7-14(16-5)11(3)8-13/h6-8,10,12,16H,9H2,1-5H3,(H,17,18). The summed E-state index contributed by atoms with van der Waals surface area (Å²) in [7, 11) is 1.88. The van der Waals surface area contributed by atoms with E-state index in [0.717, 1.165) is 23.4 Å². The Bertz CT molecular complexity index is 413. The molecule has 100 valence electrons. The Morgan fingerprint density at radius 2 is 1.94 bits per heavy atom. The van der Waals surface area contributed by atoms with Gasteiger partial charge < -0.3 is 10.6 Å². The summed E-state index contributed by atoms with van der Waals surface area (Å²) in [6.07, 6.45) is 0. The third-order valence-electron chi connectivity index (χ3n) is 3.48. The fourth-order valence-electron chi connectivity index (χ4n) is 1.68. The Balaban J connectivity index is 2.65. The Labute approximate surface area is 110 Å². The first-order valence-corrected chi connectivity index (χ1v) is 6.52. The van der Waals surface area contributed by atoms with Crippen molar-refractivity contribution < 1.29 is 4.79 Å². The normalized spacial score (nSPS) is 12.3. The highest BCUT2D eigenvalue weighted by Gasteiger charge is 2.11. The molecule has 1 amide bonds. The number of anilines is 1. The van der Waals surface area contributed by atoms with E-state index < -0.39 is 0 Å². The summed E-state index contributed by atoms with van der Waals surface area (Å²) in [6.45, 7) is 9.22. The van der Waals surface area contributed by atoms with Crippen molar-refractivity contribution in [1.29, 1.82) is 0 Å². The largest absolute Gasteiger partial charge is 0.388 e. The third-order valence-corrected chi connectivity index (χ3v) is 3.48. The number of carbonyl (C=O) groups excluding carboxylic acids is 1. The van der Waals surface area contributed by atoms with Gasteiger partial charge in [0.15, 0.2) is 0 Å². The molecule has 0 saturated carbocycles. The van der Waals surface area contributed by atoms with E-state index in [1.54, 1.807) is 0 Å². The van der Waals surface area contributed by atoms with Crippen LogP contribution in [0.2, 0.25) is 0 Å². The highest BCUT2D eigenvalue weighted by Crippen LogP contribution is 2.16. The van der Waals surface area contributed by atoms with Gasteiger partial charge in [0, 0.05) is 24.8 Å². The molecule has 0 heterocycles. The monoisotopic (exact) mass is 248 g/mol. The van der Waals surface area contributed by atoms with Gasteiger partial charge >= 0.3 is 0 Å². The highest BCUT2D eigenvalue weighted by molar-refractivity contribution is 5.94. The molecule has 0 saturated heterocycles. The van der Waals surface area contributed by atoms with Crippen LogP contribution in [0.25, 0.3) is 0 Å². The van der Waals surface area contributed by atoms with E-state index in [-0.39, 0.29) is 5.91 Å². The van der Waals surface area contributed by atoms with Gasteiger partial charge in [-0.1, -0.05) is 20.8 Å². The Kier molecular flexibility index (Phi) is 5.20. The Hall–Kier alpha value is -1.51.